The largest absolute Gasteiger partial charge is 0.478 e. The first-order valence-electron chi connectivity index (χ1n) is 7.13. The van der Waals surface area contributed by atoms with E-state index in [2.05, 4.69) is 15.6 Å². The lowest BCUT2D eigenvalue weighted by Gasteiger charge is -2.06. The second-order valence-corrected chi connectivity index (χ2v) is 6.38. The quantitative estimate of drug-likeness (QED) is 0.678. The molecular formula is C16H15N3O5S. The van der Waals surface area contributed by atoms with Gasteiger partial charge < -0.3 is 15.7 Å². The standard InChI is InChI=1S/C16H15N3O5S/c20-14(18-12-6-4-11(5-7-12)16(22)23)9-25(24)10-15(21)19-13-3-1-2-8-17-13/h1-8H,9-10H2,(H,18,20)(H,22,23)(H,17,19,21). The zero-order valence-electron chi connectivity index (χ0n) is 13.0. The number of nitrogens with one attached hydrogen (secondary N) is 2. The Balaban J connectivity index is 1.80. The van der Waals surface area contributed by atoms with E-state index in [1.165, 1.54) is 30.5 Å². The third-order valence-electron chi connectivity index (χ3n) is 2.93. The fraction of sp³-hybridized carbons (Fsp3) is 0.125. The monoisotopic (exact) mass is 361 g/mol. The van der Waals surface area contributed by atoms with Crippen LogP contribution >= 0.6 is 0 Å². The lowest BCUT2D eigenvalue weighted by atomic mass is 10.2. The van der Waals surface area contributed by atoms with Crippen molar-refractivity contribution in [2.75, 3.05) is 22.1 Å². The topological polar surface area (TPSA) is 125 Å². The number of benzene rings is 1. The number of hydrogen-bond donors (Lipinski definition) is 3. The van der Waals surface area contributed by atoms with Crippen LogP contribution in [0.3, 0.4) is 0 Å². The van der Waals surface area contributed by atoms with Crippen LogP contribution < -0.4 is 10.6 Å². The van der Waals surface area contributed by atoms with E-state index in [-0.39, 0.29) is 17.1 Å². The first-order chi connectivity index (χ1) is 11.9. The number of pyridine rings is 1. The van der Waals surface area contributed by atoms with E-state index in [1.54, 1.807) is 18.2 Å². The minimum atomic E-state index is -1.69. The number of amides is 2. The molecule has 0 aliphatic carbocycles. The summed E-state index contributed by atoms with van der Waals surface area (Å²) in [6.45, 7) is 0. The summed E-state index contributed by atoms with van der Waals surface area (Å²) in [7, 11) is -1.69. The van der Waals surface area contributed by atoms with Gasteiger partial charge in [-0.05, 0) is 36.4 Å². The molecule has 1 atom stereocenters. The van der Waals surface area contributed by atoms with Crippen LogP contribution in [0, 0.1) is 0 Å². The van der Waals surface area contributed by atoms with Crippen molar-refractivity contribution in [1.82, 2.24) is 4.98 Å². The summed E-state index contributed by atoms with van der Waals surface area (Å²) in [4.78, 5) is 38.2. The number of carboxylic acids is 1. The van der Waals surface area contributed by atoms with Gasteiger partial charge in [0.2, 0.25) is 11.8 Å². The summed E-state index contributed by atoms with van der Waals surface area (Å²) >= 11 is 0. The van der Waals surface area contributed by atoms with Gasteiger partial charge in [0.05, 0.1) is 5.56 Å². The normalized spacial score (nSPS) is 11.4. The van der Waals surface area contributed by atoms with Crippen molar-refractivity contribution in [3.05, 3.63) is 54.2 Å². The van der Waals surface area contributed by atoms with Crippen molar-refractivity contribution in [3.8, 4) is 0 Å². The lowest BCUT2D eigenvalue weighted by molar-refractivity contribution is -0.114. The molecular weight excluding hydrogens is 346 g/mol. The molecule has 1 heterocycles. The molecule has 8 nitrogen and oxygen atoms in total. The zero-order valence-corrected chi connectivity index (χ0v) is 13.8. The number of hydrogen-bond acceptors (Lipinski definition) is 5. The Bertz CT molecular complexity index is 793. The number of carbonyl (C=O) groups is 3. The van der Waals surface area contributed by atoms with Crippen molar-refractivity contribution in [3.63, 3.8) is 0 Å². The van der Waals surface area contributed by atoms with Crippen molar-refractivity contribution in [1.29, 1.82) is 0 Å². The molecule has 9 heteroatoms. The minimum absolute atomic E-state index is 0.0905. The van der Waals surface area contributed by atoms with E-state index in [0.717, 1.165) is 0 Å². The second kappa shape index (κ2) is 8.69. The van der Waals surface area contributed by atoms with Crippen molar-refractivity contribution in [2.45, 2.75) is 0 Å². The van der Waals surface area contributed by atoms with Gasteiger partial charge in [-0.15, -0.1) is 0 Å². The molecule has 1 unspecified atom stereocenters. The molecule has 130 valence electrons. The average Bonchev–Trinajstić information content (AvgIpc) is 2.55. The summed E-state index contributed by atoms with van der Waals surface area (Å²) in [6, 6.07) is 10.5. The molecule has 0 fully saturated rings. The van der Waals surface area contributed by atoms with Gasteiger partial charge in [0.1, 0.15) is 17.3 Å². The summed E-state index contributed by atoms with van der Waals surface area (Å²) in [6.07, 6.45) is 1.51. The molecule has 2 rings (SSSR count). The van der Waals surface area contributed by atoms with Gasteiger partial charge in [0.15, 0.2) is 0 Å². The Labute approximate surface area is 145 Å². The number of rotatable bonds is 7. The highest BCUT2D eigenvalue weighted by Crippen LogP contribution is 2.09. The molecule has 0 aliphatic heterocycles. The molecule has 0 spiro atoms. The summed E-state index contributed by atoms with van der Waals surface area (Å²) < 4.78 is 11.9. The molecule has 1 aromatic carbocycles. The van der Waals surface area contributed by atoms with Gasteiger partial charge >= 0.3 is 5.97 Å². The molecule has 0 saturated carbocycles. The van der Waals surface area contributed by atoms with Crippen molar-refractivity contribution < 1.29 is 23.7 Å². The molecule has 0 bridgehead atoms. The molecule has 1 aromatic heterocycles. The van der Waals surface area contributed by atoms with Crippen LogP contribution in [-0.4, -0.2) is 43.6 Å². The number of nitrogens with zero attached hydrogens (tertiary/aromatic N) is 1. The highest BCUT2D eigenvalue weighted by Gasteiger charge is 2.13. The molecule has 25 heavy (non-hydrogen) atoms. The Morgan fingerprint density at radius 1 is 0.960 bits per heavy atom. The molecule has 0 aliphatic rings. The van der Waals surface area contributed by atoms with Crippen molar-refractivity contribution in [2.24, 2.45) is 0 Å². The van der Waals surface area contributed by atoms with Gasteiger partial charge in [-0.1, -0.05) is 6.07 Å². The Morgan fingerprint density at radius 2 is 1.60 bits per heavy atom. The van der Waals surface area contributed by atoms with Crippen LogP contribution in [0.2, 0.25) is 0 Å². The Hall–Kier alpha value is -3.07. The van der Waals surface area contributed by atoms with E-state index in [0.29, 0.717) is 11.5 Å². The number of aromatic nitrogens is 1. The summed E-state index contributed by atoms with van der Waals surface area (Å²) in [5.41, 5.74) is 0.470. The predicted octanol–water partition coefficient (Wildman–Crippen LogP) is 1.11. The third-order valence-corrected chi connectivity index (χ3v) is 4.10. The maximum absolute atomic E-state index is 11.9. The maximum atomic E-state index is 11.9. The van der Waals surface area contributed by atoms with Crippen LogP contribution in [0.5, 0.6) is 0 Å². The van der Waals surface area contributed by atoms with Crippen LogP contribution in [0.15, 0.2) is 48.7 Å². The van der Waals surface area contributed by atoms with Crippen LogP contribution in [0.4, 0.5) is 11.5 Å². The van der Waals surface area contributed by atoms with Crippen molar-refractivity contribution >= 4 is 40.1 Å². The third kappa shape index (κ3) is 6.15. The van der Waals surface area contributed by atoms with Gasteiger partial charge in [0.25, 0.3) is 0 Å². The number of aromatic carboxylic acids is 1. The van der Waals surface area contributed by atoms with E-state index in [9.17, 15) is 18.6 Å². The second-order valence-electron chi connectivity index (χ2n) is 4.92. The number of anilines is 2. The molecule has 2 amide bonds. The van der Waals surface area contributed by atoms with Crippen LogP contribution in [0.1, 0.15) is 10.4 Å². The van der Waals surface area contributed by atoms with Gasteiger partial charge in [0, 0.05) is 22.7 Å². The Morgan fingerprint density at radius 3 is 2.16 bits per heavy atom. The first-order valence-corrected chi connectivity index (χ1v) is 8.62. The van der Waals surface area contributed by atoms with E-state index in [4.69, 9.17) is 5.11 Å². The molecule has 0 radical (unpaired) electrons. The average molecular weight is 361 g/mol. The zero-order chi connectivity index (χ0) is 18.2. The molecule has 2 aromatic rings. The fourth-order valence-electron chi connectivity index (χ4n) is 1.85. The molecule has 0 saturated heterocycles. The van der Waals surface area contributed by atoms with Gasteiger partial charge in [-0.2, -0.15) is 0 Å². The number of carboxylic acid groups (broad SMARTS) is 1. The fourth-order valence-corrected chi connectivity index (χ4v) is 2.68. The smallest absolute Gasteiger partial charge is 0.335 e. The number of carbonyl (C=O) groups excluding carboxylic acids is 2. The first kappa shape index (κ1) is 18.3. The predicted molar refractivity (Wildman–Crippen MR) is 92.8 cm³/mol. The lowest BCUT2D eigenvalue weighted by Crippen LogP contribution is -2.26. The van der Waals surface area contributed by atoms with Gasteiger partial charge in [-0.25, -0.2) is 9.78 Å². The maximum Gasteiger partial charge on any atom is 0.335 e. The van der Waals surface area contributed by atoms with Crippen LogP contribution in [0.25, 0.3) is 0 Å². The Kier molecular flexibility index (Phi) is 6.35. The van der Waals surface area contributed by atoms with E-state index >= 15 is 0 Å². The summed E-state index contributed by atoms with van der Waals surface area (Å²) in [5.74, 6) is -2.45. The summed E-state index contributed by atoms with van der Waals surface area (Å²) in [5, 5.41) is 13.8. The SMILES string of the molecule is O=C(CS(=O)CC(=O)Nc1ccccn1)Nc1ccc(C(=O)O)cc1. The van der Waals surface area contributed by atoms with Crippen LogP contribution in [-0.2, 0) is 20.4 Å². The van der Waals surface area contributed by atoms with E-state index in [1.807, 2.05) is 0 Å². The minimum Gasteiger partial charge on any atom is -0.478 e. The highest BCUT2D eigenvalue weighted by atomic mass is 32.2. The van der Waals surface area contributed by atoms with Gasteiger partial charge in [-0.3, -0.25) is 13.8 Å². The van der Waals surface area contributed by atoms with E-state index < -0.39 is 28.6 Å². The molecule has 3 N–H and O–H groups in total. The highest BCUT2D eigenvalue weighted by molar-refractivity contribution is 7.86.